The van der Waals surface area contributed by atoms with Gasteiger partial charge >= 0.3 is 0 Å². The van der Waals surface area contributed by atoms with E-state index in [0.717, 1.165) is 0 Å². The van der Waals surface area contributed by atoms with Gasteiger partial charge in [0.1, 0.15) is 11.5 Å². The molecule has 5 nitrogen and oxygen atoms in total. The highest BCUT2D eigenvalue weighted by Crippen LogP contribution is 2.29. The summed E-state index contributed by atoms with van der Waals surface area (Å²) in [5.41, 5.74) is 4.80. The van der Waals surface area contributed by atoms with Gasteiger partial charge < -0.3 is 15.2 Å². The number of methoxy groups -OCH3 is 2. The third kappa shape index (κ3) is 3.47. The molecule has 0 saturated heterocycles. The van der Waals surface area contributed by atoms with Gasteiger partial charge in [0, 0.05) is 12.5 Å². The second-order valence-corrected chi connectivity index (χ2v) is 4.91. The van der Waals surface area contributed by atoms with Gasteiger partial charge in [0.2, 0.25) is 5.91 Å². The molecule has 0 fully saturated rings. The van der Waals surface area contributed by atoms with Gasteiger partial charge in [-0.3, -0.25) is 9.59 Å². The SMILES string of the molecule is COc1ccc(C(=O)CC(C)(C)C(N)=O)c(OC)c1. The van der Waals surface area contributed by atoms with Crippen LogP contribution in [0.3, 0.4) is 0 Å². The van der Waals surface area contributed by atoms with Crippen molar-refractivity contribution in [3.63, 3.8) is 0 Å². The molecule has 104 valence electrons. The van der Waals surface area contributed by atoms with Crippen LogP contribution in [0.4, 0.5) is 0 Å². The van der Waals surface area contributed by atoms with Crippen molar-refractivity contribution >= 4 is 11.7 Å². The van der Waals surface area contributed by atoms with Crippen LogP contribution in [0.2, 0.25) is 0 Å². The summed E-state index contributed by atoms with van der Waals surface area (Å²) in [6, 6.07) is 4.93. The van der Waals surface area contributed by atoms with Crippen LogP contribution in [0, 0.1) is 5.41 Å². The molecule has 0 aliphatic rings. The highest BCUT2D eigenvalue weighted by Gasteiger charge is 2.29. The van der Waals surface area contributed by atoms with Crippen molar-refractivity contribution in [1.29, 1.82) is 0 Å². The van der Waals surface area contributed by atoms with Crippen molar-refractivity contribution in [1.82, 2.24) is 0 Å². The molecule has 1 amide bonds. The van der Waals surface area contributed by atoms with Gasteiger partial charge in [-0.1, -0.05) is 13.8 Å². The normalized spacial score (nSPS) is 10.9. The number of carbonyl (C=O) groups is 2. The minimum atomic E-state index is -0.887. The first-order valence-corrected chi connectivity index (χ1v) is 5.87. The van der Waals surface area contributed by atoms with Gasteiger partial charge in [0.05, 0.1) is 25.2 Å². The molecular formula is C14H19NO4. The van der Waals surface area contributed by atoms with Crippen molar-refractivity contribution in [2.45, 2.75) is 20.3 Å². The number of hydrogen-bond donors (Lipinski definition) is 1. The lowest BCUT2D eigenvalue weighted by Crippen LogP contribution is -2.33. The van der Waals surface area contributed by atoms with E-state index in [1.807, 2.05) is 0 Å². The first kappa shape index (κ1) is 15.0. The smallest absolute Gasteiger partial charge is 0.223 e. The molecular weight excluding hydrogens is 246 g/mol. The van der Waals surface area contributed by atoms with E-state index in [2.05, 4.69) is 0 Å². The molecule has 0 heterocycles. The van der Waals surface area contributed by atoms with Crippen LogP contribution in [-0.4, -0.2) is 25.9 Å². The molecule has 0 saturated carbocycles. The van der Waals surface area contributed by atoms with E-state index in [1.165, 1.54) is 14.2 Å². The van der Waals surface area contributed by atoms with E-state index in [0.29, 0.717) is 17.1 Å². The molecule has 0 radical (unpaired) electrons. The molecule has 1 rings (SSSR count). The minimum absolute atomic E-state index is 0.0328. The van der Waals surface area contributed by atoms with Crippen LogP contribution in [0.25, 0.3) is 0 Å². The number of carbonyl (C=O) groups excluding carboxylic acids is 2. The third-order valence-electron chi connectivity index (χ3n) is 2.98. The van der Waals surface area contributed by atoms with Gasteiger partial charge in [-0.15, -0.1) is 0 Å². The second-order valence-electron chi connectivity index (χ2n) is 4.91. The Balaban J connectivity index is 3.03. The average Bonchev–Trinajstić information content (AvgIpc) is 2.37. The van der Waals surface area contributed by atoms with E-state index in [9.17, 15) is 9.59 Å². The van der Waals surface area contributed by atoms with Crippen molar-refractivity contribution in [3.8, 4) is 11.5 Å². The fourth-order valence-corrected chi connectivity index (χ4v) is 1.61. The monoisotopic (exact) mass is 265 g/mol. The topological polar surface area (TPSA) is 78.6 Å². The largest absolute Gasteiger partial charge is 0.497 e. The highest BCUT2D eigenvalue weighted by molar-refractivity contribution is 6.01. The summed E-state index contributed by atoms with van der Waals surface area (Å²) in [5, 5.41) is 0. The summed E-state index contributed by atoms with van der Waals surface area (Å²) in [5.74, 6) is 0.323. The van der Waals surface area contributed by atoms with Gasteiger partial charge in [-0.2, -0.15) is 0 Å². The predicted molar refractivity (Wildman–Crippen MR) is 71.5 cm³/mol. The standard InChI is InChI=1S/C14H19NO4/c1-14(2,13(15)17)8-11(16)10-6-5-9(18-3)7-12(10)19-4/h5-7H,8H2,1-4H3,(H2,15,17). The average molecular weight is 265 g/mol. The minimum Gasteiger partial charge on any atom is -0.497 e. The molecule has 0 bridgehead atoms. The summed E-state index contributed by atoms with van der Waals surface area (Å²) in [6.07, 6.45) is 0.0328. The zero-order valence-corrected chi connectivity index (χ0v) is 11.6. The summed E-state index contributed by atoms with van der Waals surface area (Å²) in [4.78, 5) is 23.5. The quantitative estimate of drug-likeness (QED) is 0.795. The summed E-state index contributed by atoms with van der Waals surface area (Å²) in [6.45, 7) is 3.28. The molecule has 19 heavy (non-hydrogen) atoms. The van der Waals surface area contributed by atoms with Gasteiger partial charge in [-0.05, 0) is 12.1 Å². The Morgan fingerprint density at radius 2 is 1.84 bits per heavy atom. The maximum absolute atomic E-state index is 12.2. The van der Waals surface area contributed by atoms with E-state index >= 15 is 0 Å². The van der Waals surface area contributed by atoms with Crippen LogP contribution in [0.1, 0.15) is 30.6 Å². The molecule has 1 aromatic rings. The number of ketones is 1. The fourth-order valence-electron chi connectivity index (χ4n) is 1.61. The van der Waals surface area contributed by atoms with Crippen LogP contribution >= 0.6 is 0 Å². The second kappa shape index (κ2) is 5.73. The number of rotatable bonds is 6. The van der Waals surface area contributed by atoms with E-state index in [1.54, 1.807) is 32.0 Å². The lowest BCUT2D eigenvalue weighted by atomic mass is 9.85. The number of benzene rings is 1. The molecule has 0 spiro atoms. The lowest BCUT2D eigenvalue weighted by Gasteiger charge is -2.20. The van der Waals surface area contributed by atoms with Gasteiger partial charge in [0.25, 0.3) is 0 Å². The zero-order chi connectivity index (χ0) is 14.6. The number of hydrogen-bond acceptors (Lipinski definition) is 4. The Labute approximate surface area is 112 Å². The maximum Gasteiger partial charge on any atom is 0.223 e. The maximum atomic E-state index is 12.2. The first-order valence-electron chi connectivity index (χ1n) is 5.87. The van der Waals surface area contributed by atoms with Crippen molar-refractivity contribution in [2.75, 3.05) is 14.2 Å². The Hall–Kier alpha value is -2.04. The van der Waals surface area contributed by atoms with Crippen LogP contribution in [0.5, 0.6) is 11.5 Å². The van der Waals surface area contributed by atoms with Crippen molar-refractivity contribution in [3.05, 3.63) is 23.8 Å². The Morgan fingerprint density at radius 3 is 2.32 bits per heavy atom. The lowest BCUT2D eigenvalue weighted by molar-refractivity contribution is -0.125. The molecule has 1 aromatic carbocycles. The number of primary amides is 1. The zero-order valence-electron chi connectivity index (χ0n) is 11.6. The van der Waals surface area contributed by atoms with Gasteiger partial charge in [-0.25, -0.2) is 0 Å². The molecule has 0 aromatic heterocycles. The molecule has 0 aliphatic carbocycles. The third-order valence-corrected chi connectivity index (χ3v) is 2.98. The number of Topliss-reactive ketones (excluding diaryl/α,β-unsaturated/α-hetero) is 1. The molecule has 0 aliphatic heterocycles. The molecule has 0 unspecified atom stereocenters. The summed E-state index contributed by atoms with van der Waals surface area (Å²) >= 11 is 0. The summed E-state index contributed by atoms with van der Waals surface area (Å²) < 4.78 is 10.2. The van der Waals surface area contributed by atoms with Crippen molar-refractivity contribution < 1.29 is 19.1 Å². The van der Waals surface area contributed by atoms with Crippen LogP contribution in [-0.2, 0) is 4.79 Å². The number of ether oxygens (including phenoxy) is 2. The van der Waals surface area contributed by atoms with E-state index < -0.39 is 11.3 Å². The van der Waals surface area contributed by atoms with Crippen LogP contribution in [0.15, 0.2) is 18.2 Å². The fraction of sp³-hybridized carbons (Fsp3) is 0.429. The molecule has 2 N–H and O–H groups in total. The highest BCUT2D eigenvalue weighted by atomic mass is 16.5. The number of amides is 1. The molecule has 5 heteroatoms. The van der Waals surface area contributed by atoms with E-state index in [-0.39, 0.29) is 12.2 Å². The van der Waals surface area contributed by atoms with Crippen molar-refractivity contribution in [2.24, 2.45) is 11.1 Å². The summed E-state index contributed by atoms with van der Waals surface area (Å²) in [7, 11) is 3.01. The van der Waals surface area contributed by atoms with Crippen LogP contribution < -0.4 is 15.2 Å². The van der Waals surface area contributed by atoms with Gasteiger partial charge in [0.15, 0.2) is 5.78 Å². The Kier molecular flexibility index (Phi) is 4.53. The Morgan fingerprint density at radius 1 is 1.21 bits per heavy atom. The first-order chi connectivity index (χ1) is 8.81. The Bertz CT molecular complexity index is 494. The predicted octanol–water partition coefficient (Wildman–Crippen LogP) is 1.79. The number of nitrogens with two attached hydrogens (primary N) is 1. The van der Waals surface area contributed by atoms with E-state index in [4.69, 9.17) is 15.2 Å². The molecule has 0 atom stereocenters.